The van der Waals surface area contributed by atoms with Gasteiger partial charge in [0.2, 0.25) is 0 Å². The molecule has 1 rings (SSSR count). The van der Waals surface area contributed by atoms with Gasteiger partial charge < -0.3 is 9.47 Å². The average Bonchev–Trinajstić information content (AvgIpc) is 2.24. The molecule has 0 aliphatic rings. The van der Waals surface area contributed by atoms with Crippen molar-refractivity contribution in [2.75, 3.05) is 6.61 Å². The van der Waals surface area contributed by atoms with Crippen molar-refractivity contribution >= 4 is 11.7 Å². The van der Waals surface area contributed by atoms with Gasteiger partial charge in [0, 0.05) is 6.07 Å². The van der Waals surface area contributed by atoms with E-state index in [0.29, 0.717) is 11.3 Å². The summed E-state index contributed by atoms with van der Waals surface area (Å²) in [6, 6.07) is 4.47. The smallest absolute Gasteiger partial charge is 0.344 e. The number of rotatable bonds is 4. The van der Waals surface area contributed by atoms with E-state index in [2.05, 4.69) is 0 Å². The summed E-state index contributed by atoms with van der Waals surface area (Å²) in [6.45, 7) is 6.55. The first kappa shape index (κ1) is 14.9. The molecular weight excluding hydrogens is 250 g/mol. The Morgan fingerprint density at radius 1 is 1.37 bits per heavy atom. The highest BCUT2D eigenvalue weighted by atomic mass is 16.6. The van der Waals surface area contributed by atoms with E-state index in [9.17, 15) is 14.9 Å². The lowest BCUT2D eigenvalue weighted by Crippen LogP contribution is -2.27. The Kier molecular flexibility index (Phi) is 4.47. The van der Waals surface area contributed by atoms with Crippen LogP contribution in [-0.2, 0) is 9.53 Å². The zero-order valence-electron chi connectivity index (χ0n) is 11.4. The topological polar surface area (TPSA) is 78.7 Å². The maximum atomic E-state index is 11.5. The molecule has 0 spiro atoms. The first-order valence-corrected chi connectivity index (χ1v) is 5.79. The van der Waals surface area contributed by atoms with Crippen LogP contribution >= 0.6 is 0 Å². The van der Waals surface area contributed by atoms with Gasteiger partial charge in [-0.1, -0.05) is 6.07 Å². The van der Waals surface area contributed by atoms with Crippen LogP contribution in [-0.4, -0.2) is 23.1 Å². The second-order valence-corrected chi connectivity index (χ2v) is 5.03. The largest absolute Gasteiger partial charge is 0.481 e. The second kappa shape index (κ2) is 5.69. The summed E-state index contributed by atoms with van der Waals surface area (Å²) in [5, 5.41) is 10.8. The van der Waals surface area contributed by atoms with E-state index >= 15 is 0 Å². The third-order valence-corrected chi connectivity index (χ3v) is 2.22. The zero-order chi connectivity index (χ0) is 14.6. The molecule has 0 bridgehead atoms. The van der Waals surface area contributed by atoms with Gasteiger partial charge >= 0.3 is 5.97 Å². The van der Waals surface area contributed by atoms with Gasteiger partial charge in [0.15, 0.2) is 6.61 Å². The molecule has 0 aromatic heterocycles. The van der Waals surface area contributed by atoms with Crippen molar-refractivity contribution in [2.45, 2.75) is 33.3 Å². The van der Waals surface area contributed by atoms with Crippen molar-refractivity contribution in [3.8, 4) is 5.75 Å². The van der Waals surface area contributed by atoms with Crippen LogP contribution in [0.5, 0.6) is 5.75 Å². The number of nitro groups is 1. The fraction of sp³-hybridized carbons (Fsp3) is 0.462. The fourth-order valence-electron chi connectivity index (χ4n) is 1.46. The van der Waals surface area contributed by atoms with E-state index in [0.717, 1.165) is 0 Å². The number of nitrogens with zero attached hydrogens (tertiary/aromatic N) is 1. The van der Waals surface area contributed by atoms with E-state index < -0.39 is 16.5 Å². The lowest BCUT2D eigenvalue weighted by atomic mass is 10.2. The molecule has 0 atom stereocenters. The standard InChI is InChI=1S/C13H17NO5/c1-9-10(14(16)17)6-5-7-11(9)18-8-12(15)19-13(2,3)4/h5-7H,8H2,1-4H3. The molecule has 0 N–H and O–H groups in total. The Morgan fingerprint density at radius 3 is 2.53 bits per heavy atom. The average molecular weight is 267 g/mol. The Hall–Kier alpha value is -2.11. The number of nitro benzene ring substituents is 1. The lowest BCUT2D eigenvalue weighted by molar-refractivity contribution is -0.385. The van der Waals surface area contributed by atoms with Crippen LogP contribution in [0.15, 0.2) is 18.2 Å². The molecule has 19 heavy (non-hydrogen) atoms. The number of hydrogen-bond acceptors (Lipinski definition) is 5. The van der Waals surface area contributed by atoms with Gasteiger partial charge in [-0.25, -0.2) is 4.79 Å². The second-order valence-electron chi connectivity index (χ2n) is 5.03. The lowest BCUT2D eigenvalue weighted by Gasteiger charge is -2.19. The van der Waals surface area contributed by atoms with Crippen LogP contribution in [0.25, 0.3) is 0 Å². The molecule has 6 nitrogen and oxygen atoms in total. The normalized spacial score (nSPS) is 10.9. The Bertz CT molecular complexity index is 490. The Labute approximate surface area is 111 Å². The minimum absolute atomic E-state index is 0.0401. The van der Waals surface area contributed by atoms with E-state index in [1.807, 2.05) is 0 Å². The molecule has 0 heterocycles. The summed E-state index contributed by atoms with van der Waals surface area (Å²) in [5.41, 5.74) is -0.240. The van der Waals surface area contributed by atoms with Gasteiger partial charge in [0.05, 0.1) is 10.5 Å². The third kappa shape index (κ3) is 4.57. The summed E-state index contributed by atoms with van der Waals surface area (Å²) in [6.07, 6.45) is 0. The highest BCUT2D eigenvalue weighted by molar-refractivity contribution is 5.71. The van der Waals surface area contributed by atoms with Crippen LogP contribution < -0.4 is 4.74 Å². The Balaban J connectivity index is 2.71. The summed E-state index contributed by atoms with van der Waals surface area (Å²) in [5.74, 6) is -0.210. The van der Waals surface area contributed by atoms with Gasteiger partial charge in [-0.2, -0.15) is 0 Å². The van der Waals surface area contributed by atoms with Crippen molar-refractivity contribution in [1.29, 1.82) is 0 Å². The predicted molar refractivity (Wildman–Crippen MR) is 69.2 cm³/mol. The SMILES string of the molecule is Cc1c(OCC(=O)OC(C)(C)C)cccc1[N+](=O)[O-]. The predicted octanol–water partition coefficient (Wildman–Crippen LogP) is 2.62. The zero-order valence-corrected chi connectivity index (χ0v) is 11.4. The van der Waals surface area contributed by atoms with Gasteiger partial charge in [0.1, 0.15) is 11.4 Å². The van der Waals surface area contributed by atoms with Crippen molar-refractivity contribution in [2.24, 2.45) is 0 Å². The minimum Gasteiger partial charge on any atom is -0.481 e. The van der Waals surface area contributed by atoms with Crippen molar-refractivity contribution in [3.63, 3.8) is 0 Å². The maximum absolute atomic E-state index is 11.5. The summed E-state index contributed by atoms with van der Waals surface area (Å²) >= 11 is 0. The first-order valence-electron chi connectivity index (χ1n) is 5.79. The third-order valence-electron chi connectivity index (χ3n) is 2.22. The number of carbonyl (C=O) groups excluding carboxylic acids is 1. The number of benzene rings is 1. The summed E-state index contributed by atoms with van der Waals surface area (Å²) in [4.78, 5) is 21.7. The molecule has 0 saturated carbocycles. The molecule has 1 aromatic rings. The molecule has 0 unspecified atom stereocenters. The number of esters is 1. The first-order chi connectivity index (χ1) is 8.70. The highest BCUT2D eigenvalue weighted by Gasteiger charge is 2.18. The van der Waals surface area contributed by atoms with Crippen LogP contribution in [0.4, 0.5) is 5.69 Å². The van der Waals surface area contributed by atoms with Crippen LogP contribution in [0.1, 0.15) is 26.3 Å². The van der Waals surface area contributed by atoms with Gasteiger partial charge in [-0.05, 0) is 33.8 Å². The quantitative estimate of drug-likeness (QED) is 0.476. The number of ether oxygens (including phenoxy) is 2. The van der Waals surface area contributed by atoms with Crippen LogP contribution in [0.3, 0.4) is 0 Å². The Morgan fingerprint density at radius 2 is 2.00 bits per heavy atom. The van der Waals surface area contributed by atoms with E-state index in [1.165, 1.54) is 12.1 Å². The molecule has 0 aliphatic heterocycles. The highest BCUT2D eigenvalue weighted by Crippen LogP contribution is 2.26. The van der Waals surface area contributed by atoms with Gasteiger partial charge in [-0.3, -0.25) is 10.1 Å². The number of carbonyl (C=O) groups is 1. The molecule has 6 heteroatoms. The fourth-order valence-corrected chi connectivity index (χ4v) is 1.46. The van der Waals surface area contributed by atoms with Crippen molar-refractivity contribution in [1.82, 2.24) is 0 Å². The molecule has 0 fully saturated rings. The summed E-state index contributed by atoms with van der Waals surface area (Å²) in [7, 11) is 0. The van der Waals surface area contributed by atoms with Gasteiger partial charge in [-0.15, -0.1) is 0 Å². The van der Waals surface area contributed by atoms with Crippen LogP contribution in [0, 0.1) is 17.0 Å². The van der Waals surface area contributed by atoms with E-state index in [1.54, 1.807) is 33.8 Å². The van der Waals surface area contributed by atoms with Gasteiger partial charge in [0.25, 0.3) is 5.69 Å². The minimum atomic E-state index is -0.585. The molecule has 1 aromatic carbocycles. The molecule has 0 aliphatic carbocycles. The number of hydrogen-bond donors (Lipinski definition) is 0. The summed E-state index contributed by atoms with van der Waals surface area (Å²) < 4.78 is 10.3. The van der Waals surface area contributed by atoms with E-state index in [-0.39, 0.29) is 12.3 Å². The van der Waals surface area contributed by atoms with E-state index in [4.69, 9.17) is 9.47 Å². The molecule has 0 saturated heterocycles. The van der Waals surface area contributed by atoms with Crippen molar-refractivity contribution in [3.05, 3.63) is 33.9 Å². The monoisotopic (exact) mass is 267 g/mol. The molecule has 0 radical (unpaired) electrons. The maximum Gasteiger partial charge on any atom is 0.344 e. The van der Waals surface area contributed by atoms with Crippen molar-refractivity contribution < 1.29 is 19.2 Å². The molecular formula is C13H17NO5. The molecule has 104 valence electrons. The van der Waals surface area contributed by atoms with Crippen LogP contribution in [0.2, 0.25) is 0 Å². The molecule has 0 amide bonds.